The Kier molecular flexibility index (Phi) is 6.09. The molecule has 0 saturated carbocycles. The van der Waals surface area contributed by atoms with Crippen molar-refractivity contribution < 1.29 is 19.3 Å². The fourth-order valence-corrected chi connectivity index (χ4v) is 2.55. The molecule has 22 heavy (non-hydrogen) atoms. The number of rotatable bonds is 6. The van der Waals surface area contributed by atoms with Gasteiger partial charge in [-0.3, -0.25) is 14.3 Å². The van der Waals surface area contributed by atoms with Gasteiger partial charge in [0.25, 0.3) is 5.56 Å². The molecule has 0 bridgehead atoms. The van der Waals surface area contributed by atoms with Crippen LogP contribution in [-0.2, 0) is 14.2 Å². The third-order valence-electron chi connectivity index (χ3n) is 3.31. The first-order valence-electron chi connectivity index (χ1n) is 6.59. The van der Waals surface area contributed by atoms with Crippen molar-refractivity contribution in [3.05, 3.63) is 37.6 Å². The van der Waals surface area contributed by atoms with Crippen LogP contribution in [0.4, 0.5) is 0 Å². The average Bonchev–Trinajstić information content (AvgIpc) is 2.91. The molecule has 0 radical (unpaired) electrons. The number of nitrogens with zero attached hydrogens (tertiary/aromatic N) is 1. The lowest BCUT2D eigenvalue weighted by Crippen LogP contribution is -2.33. The van der Waals surface area contributed by atoms with Gasteiger partial charge in [0.15, 0.2) is 0 Å². The highest BCUT2D eigenvalue weighted by Crippen LogP contribution is 2.29. The molecule has 2 N–H and O–H groups in total. The van der Waals surface area contributed by atoms with E-state index in [4.69, 9.17) is 14.2 Å². The van der Waals surface area contributed by atoms with Crippen LogP contribution in [0.3, 0.4) is 0 Å². The minimum Gasteiger partial charge on any atom is -0.394 e. The van der Waals surface area contributed by atoms with Gasteiger partial charge in [0.1, 0.15) is 19.1 Å². The van der Waals surface area contributed by atoms with Crippen molar-refractivity contribution in [2.24, 2.45) is 0 Å². The zero-order chi connectivity index (χ0) is 16.1. The predicted molar refractivity (Wildman–Crippen MR) is 81.6 cm³/mol. The van der Waals surface area contributed by atoms with Gasteiger partial charge in [0.05, 0.1) is 18.3 Å². The molecule has 2 rings (SSSR count). The smallest absolute Gasteiger partial charge is 0.330 e. The number of ether oxygens (including phenoxy) is 3. The minimum atomic E-state index is -0.633. The topological polar surface area (TPSA) is 103 Å². The number of hydrogen-bond donors (Lipinski definition) is 2. The molecule has 9 heteroatoms. The van der Waals surface area contributed by atoms with Crippen LogP contribution in [0.5, 0.6) is 0 Å². The van der Waals surface area contributed by atoms with E-state index in [9.17, 15) is 14.7 Å². The van der Waals surface area contributed by atoms with Crippen LogP contribution < -0.4 is 11.2 Å². The second-order valence-corrected chi connectivity index (χ2v) is 5.23. The number of aromatic nitrogens is 2. The Labute approximate surface area is 134 Å². The van der Waals surface area contributed by atoms with E-state index in [1.54, 1.807) is 0 Å². The lowest BCUT2D eigenvalue weighted by molar-refractivity contribution is -0.108. The van der Waals surface area contributed by atoms with Crippen LogP contribution in [0.2, 0.25) is 0 Å². The number of aliphatic hydroxyl groups is 1. The van der Waals surface area contributed by atoms with Gasteiger partial charge < -0.3 is 19.3 Å². The van der Waals surface area contributed by atoms with Gasteiger partial charge in [-0.25, -0.2) is 4.79 Å². The Balaban J connectivity index is 2.27. The molecule has 1 fully saturated rings. The second-order valence-electron chi connectivity index (χ2n) is 4.70. The highest BCUT2D eigenvalue weighted by Gasteiger charge is 2.37. The van der Waals surface area contributed by atoms with E-state index in [0.717, 1.165) is 0 Å². The molecule has 0 amide bonds. The molecule has 122 valence electrons. The lowest BCUT2D eigenvalue weighted by Gasteiger charge is -2.15. The van der Waals surface area contributed by atoms with E-state index in [2.05, 4.69) is 20.9 Å². The third kappa shape index (κ3) is 3.73. The van der Waals surface area contributed by atoms with Crippen molar-refractivity contribution in [3.63, 3.8) is 0 Å². The molecule has 1 aromatic heterocycles. The highest BCUT2D eigenvalue weighted by molar-refractivity contribution is 9.11. The van der Waals surface area contributed by atoms with Gasteiger partial charge in [-0.1, -0.05) is 15.9 Å². The first-order chi connectivity index (χ1) is 10.6. The van der Waals surface area contributed by atoms with E-state index in [0.29, 0.717) is 12.0 Å². The maximum atomic E-state index is 12.0. The molecule has 8 nitrogen and oxygen atoms in total. The Bertz CT molecular complexity index is 640. The van der Waals surface area contributed by atoms with E-state index in [-0.39, 0.29) is 13.4 Å². The van der Waals surface area contributed by atoms with Gasteiger partial charge in [-0.15, -0.1) is 0 Å². The van der Waals surface area contributed by atoms with Crippen LogP contribution >= 0.6 is 15.9 Å². The van der Waals surface area contributed by atoms with Crippen molar-refractivity contribution in [2.75, 3.05) is 20.5 Å². The number of hydrogen-bond acceptors (Lipinski definition) is 6. The molecule has 1 aromatic rings. The standard InChI is InChI=1S/C13H17BrN2O6/c1-20-7-21-9-4-11(22-10(9)6-17)16-5-8(2-3-14)12(18)15-13(16)19/h2-3,5,9-11,17H,4,6-7H2,1H3,(H,15,18,19)/t9?,10-,11-/m0/s1. The van der Waals surface area contributed by atoms with E-state index in [1.165, 1.54) is 28.9 Å². The van der Waals surface area contributed by atoms with Crippen LogP contribution in [0.1, 0.15) is 18.2 Å². The summed E-state index contributed by atoms with van der Waals surface area (Å²) in [7, 11) is 1.49. The Morgan fingerprint density at radius 3 is 3.00 bits per heavy atom. The first-order valence-corrected chi connectivity index (χ1v) is 7.51. The van der Waals surface area contributed by atoms with Gasteiger partial charge in [0, 0.05) is 19.7 Å². The quantitative estimate of drug-likeness (QED) is 0.686. The Morgan fingerprint density at radius 2 is 2.36 bits per heavy atom. The van der Waals surface area contributed by atoms with Crippen molar-refractivity contribution in [1.82, 2.24) is 9.55 Å². The lowest BCUT2D eigenvalue weighted by atomic mass is 10.2. The molecular formula is C13H17BrN2O6. The zero-order valence-electron chi connectivity index (χ0n) is 11.9. The Hall–Kier alpha value is -1.26. The molecule has 1 aliphatic rings. The van der Waals surface area contributed by atoms with Gasteiger partial charge >= 0.3 is 5.69 Å². The van der Waals surface area contributed by atoms with Crippen LogP contribution in [-0.4, -0.2) is 47.4 Å². The monoisotopic (exact) mass is 376 g/mol. The van der Waals surface area contributed by atoms with E-state index in [1.807, 2.05) is 0 Å². The summed E-state index contributed by atoms with van der Waals surface area (Å²) in [5.41, 5.74) is -0.756. The average molecular weight is 377 g/mol. The summed E-state index contributed by atoms with van der Waals surface area (Å²) >= 11 is 3.09. The maximum Gasteiger partial charge on any atom is 0.330 e. The van der Waals surface area contributed by atoms with Gasteiger partial charge in [-0.05, 0) is 11.1 Å². The predicted octanol–water partition coefficient (Wildman–Crippen LogP) is 0.171. The van der Waals surface area contributed by atoms with Crippen molar-refractivity contribution in [3.8, 4) is 0 Å². The largest absolute Gasteiger partial charge is 0.394 e. The number of nitrogens with one attached hydrogen (secondary N) is 1. The number of aromatic amines is 1. The molecule has 2 heterocycles. The summed E-state index contributed by atoms with van der Waals surface area (Å²) in [5.74, 6) is 0. The third-order valence-corrected chi connectivity index (χ3v) is 3.57. The summed E-state index contributed by atoms with van der Waals surface area (Å²) in [6, 6.07) is 0. The molecule has 1 aliphatic heterocycles. The van der Waals surface area contributed by atoms with Crippen molar-refractivity contribution in [1.29, 1.82) is 0 Å². The fourth-order valence-electron chi connectivity index (χ4n) is 2.27. The second kappa shape index (κ2) is 7.84. The SMILES string of the molecule is COCOC1C[C@@H](n2cc(C=CBr)c(=O)[nH]c2=O)O[C@H]1CO. The Morgan fingerprint density at radius 1 is 1.59 bits per heavy atom. The van der Waals surface area contributed by atoms with Crippen LogP contribution in [0.15, 0.2) is 20.8 Å². The van der Waals surface area contributed by atoms with Crippen molar-refractivity contribution >= 4 is 22.0 Å². The minimum absolute atomic E-state index is 0.0648. The van der Waals surface area contributed by atoms with Gasteiger partial charge in [-0.2, -0.15) is 0 Å². The fraction of sp³-hybridized carbons (Fsp3) is 0.538. The molecule has 0 spiro atoms. The number of halogens is 1. The number of aliphatic hydroxyl groups excluding tert-OH is 1. The summed E-state index contributed by atoms with van der Waals surface area (Å²) in [6.45, 7) is -0.174. The summed E-state index contributed by atoms with van der Waals surface area (Å²) in [5, 5.41) is 9.34. The molecule has 1 unspecified atom stereocenters. The van der Waals surface area contributed by atoms with Gasteiger partial charge in [0.2, 0.25) is 0 Å². The number of H-pyrrole nitrogens is 1. The summed E-state index contributed by atoms with van der Waals surface area (Å²) in [6.07, 6.45) is 1.70. The van der Waals surface area contributed by atoms with E-state index < -0.39 is 29.7 Å². The normalized spacial score (nSPS) is 25.1. The first kappa shape index (κ1) is 17.1. The zero-order valence-corrected chi connectivity index (χ0v) is 13.5. The van der Waals surface area contributed by atoms with E-state index >= 15 is 0 Å². The van der Waals surface area contributed by atoms with Crippen LogP contribution in [0, 0.1) is 0 Å². The molecule has 1 saturated heterocycles. The molecular weight excluding hydrogens is 360 g/mol. The molecule has 3 atom stereocenters. The number of methoxy groups -OCH3 is 1. The summed E-state index contributed by atoms with van der Waals surface area (Å²) in [4.78, 5) is 27.4. The van der Waals surface area contributed by atoms with Crippen molar-refractivity contribution in [2.45, 2.75) is 24.9 Å². The maximum absolute atomic E-state index is 12.0. The highest BCUT2D eigenvalue weighted by atomic mass is 79.9. The van der Waals surface area contributed by atoms with Crippen LogP contribution in [0.25, 0.3) is 6.08 Å². The molecule has 0 aromatic carbocycles. The summed E-state index contributed by atoms with van der Waals surface area (Å²) < 4.78 is 17.2. The molecule has 0 aliphatic carbocycles.